The molecule has 3 heterocycles. The van der Waals surface area contributed by atoms with E-state index >= 15 is 0 Å². The lowest BCUT2D eigenvalue weighted by atomic mass is 9.75. The highest BCUT2D eigenvalue weighted by atomic mass is 19.3. The minimum atomic E-state index is -3.16. The molecule has 1 aliphatic heterocycles. The van der Waals surface area contributed by atoms with Gasteiger partial charge in [-0.2, -0.15) is 8.78 Å². The van der Waals surface area contributed by atoms with Crippen LogP contribution >= 0.6 is 0 Å². The Balaban J connectivity index is 1.31. The number of aromatic carboxylic acids is 1. The molecular formula is C42H34F2N2O4. The SMILES string of the molecule is CC1c2ccc(-c3ccn4c(=O)c(C(=O)O)cc(C5CC5)c4c3OC(F)F)cc2CN1C(c1ccccc1)(c1ccccc1)c1ccccc1. The van der Waals surface area contributed by atoms with Crippen LogP contribution in [0.15, 0.2) is 132 Å². The van der Waals surface area contributed by atoms with E-state index in [4.69, 9.17) is 4.74 Å². The highest BCUT2D eigenvalue weighted by Gasteiger charge is 2.47. The van der Waals surface area contributed by atoms with Crippen LogP contribution in [0, 0.1) is 0 Å². The number of nitrogens with zero attached hydrogens (tertiary/aromatic N) is 2. The predicted octanol–water partition coefficient (Wildman–Crippen LogP) is 9.01. The number of hydrogen-bond acceptors (Lipinski definition) is 4. The van der Waals surface area contributed by atoms with Crippen LogP contribution in [0.2, 0.25) is 0 Å². The van der Waals surface area contributed by atoms with Crippen LogP contribution in [0.25, 0.3) is 16.6 Å². The van der Waals surface area contributed by atoms with Gasteiger partial charge in [0, 0.05) is 24.3 Å². The topological polar surface area (TPSA) is 71.2 Å². The third-order valence-corrected chi connectivity index (χ3v) is 10.3. The fourth-order valence-electron chi connectivity index (χ4n) is 7.94. The fraction of sp³-hybridized carbons (Fsp3) is 0.190. The summed E-state index contributed by atoms with van der Waals surface area (Å²) in [5, 5.41) is 9.74. The molecule has 1 saturated carbocycles. The Bertz CT molecular complexity index is 2190. The minimum Gasteiger partial charge on any atom is -0.477 e. The number of aromatic nitrogens is 1. The van der Waals surface area contributed by atoms with Gasteiger partial charge in [-0.3, -0.25) is 14.1 Å². The van der Waals surface area contributed by atoms with Crippen molar-refractivity contribution in [2.45, 2.75) is 50.4 Å². The van der Waals surface area contributed by atoms with E-state index in [-0.39, 0.29) is 23.2 Å². The molecule has 6 aromatic rings. The van der Waals surface area contributed by atoms with Crippen molar-refractivity contribution in [2.24, 2.45) is 0 Å². The average molecular weight is 669 g/mol. The van der Waals surface area contributed by atoms with E-state index in [9.17, 15) is 23.5 Å². The summed E-state index contributed by atoms with van der Waals surface area (Å²) >= 11 is 0. The van der Waals surface area contributed by atoms with Crippen molar-refractivity contribution in [3.63, 3.8) is 0 Å². The largest absolute Gasteiger partial charge is 0.477 e. The van der Waals surface area contributed by atoms with E-state index in [0.717, 1.165) is 45.1 Å². The van der Waals surface area contributed by atoms with Crippen LogP contribution < -0.4 is 10.3 Å². The molecule has 1 N–H and O–H groups in total. The number of rotatable bonds is 9. The molecule has 1 atom stereocenters. The van der Waals surface area contributed by atoms with Crippen LogP contribution in [-0.4, -0.2) is 27.0 Å². The van der Waals surface area contributed by atoms with Crippen LogP contribution in [0.3, 0.4) is 0 Å². The fourth-order valence-corrected chi connectivity index (χ4v) is 7.94. The second-order valence-corrected chi connectivity index (χ2v) is 13.1. The average Bonchev–Trinajstić information content (AvgIpc) is 3.93. The molecule has 1 unspecified atom stereocenters. The van der Waals surface area contributed by atoms with Gasteiger partial charge in [-0.05, 0) is 82.8 Å². The second kappa shape index (κ2) is 12.4. The van der Waals surface area contributed by atoms with Gasteiger partial charge in [0.1, 0.15) is 5.56 Å². The molecule has 8 heteroatoms. The number of alkyl halides is 2. The lowest BCUT2D eigenvalue weighted by Crippen LogP contribution is -2.46. The maximum atomic E-state index is 14.1. The van der Waals surface area contributed by atoms with Gasteiger partial charge >= 0.3 is 12.6 Å². The van der Waals surface area contributed by atoms with Crippen LogP contribution in [0.1, 0.15) is 75.5 Å². The van der Waals surface area contributed by atoms with Crippen molar-refractivity contribution in [3.8, 4) is 16.9 Å². The van der Waals surface area contributed by atoms with Crippen molar-refractivity contribution in [1.29, 1.82) is 0 Å². The number of fused-ring (bicyclic) bond motifs is 2. The van der Waals surface area contributed by atoms with E-state index in [1.54, 1.807) is 6.07 Å². The van der Waals surface area contributed by atoms with Gasteiger partial charge in [-0.1, -0.05) is 103 Å². The monoisotopic (exact) mass is 668 g/mol. The molecular weight excluding hydrogens is 634 g/mol. The highest BCUT2D eigenvalue weighted by Crippen LogP contribution is 2.51. The predicted molar refractivity (Wildman–Crippen MR) is 188 cm³/mol. The molecule has 0 saturated heterocycles. The van der Waals surface area contributed by atoms with Gasteiger partial charge in [0.25, 0.3) is 5.56 Å². The number of carboxylic acid groups (broad SMARTS) is 1. The zero-order valence-corrected chi connectivity index (χ0v) is 27.3. The van der Waals surface area contributed by atoms with Crippen molar-refractivity contribution in [3.05, 3.63) is 177 Å². The van der Waals surface area contributed by atoms with Gasteiger partial charge in [-0.15, -0.1) is 0 Å². The summed E-state index contributed by atoms with van der Waals surface area (Å²) in [5.41, 5.74) is 5.48. The number of carbonyl (C=O) groups is 1. The summed E-state index contributed by atoms with van der Waals surface area (Å²) in [7, 11) is 0. The minimum absolute atomic E-state index is 0.0254. The van der Waals surface area contributed by atoms with E-state index < -0.39 is 29.2 Å². The normalized spacial score (nSPS) is 16.1. The quantitative estimate of drug-likeness (QED) is 0.156. The standard InChI is InChI=1S/C42H34F2N2O4/c1-26-33-20-19-28(34-21-22-45-37(38(34)50-41(43)44)35(27-17-18-27)24-36(39(45)47)40(48)49)23-29(33)25-46(26)42(30-11-5-2-6-12-30,31-13-7-3-8-14-31)32-15-9-4-10-16-32/h2-16,19-24,26-27,41H,17-18,25H2,1H3,(H,48,49). The van der Waals surface area contributed by atoms with Crippen LogP contribution in [-0.2, 0) is 12.1 Å². The summed E-state index contributed by atoms with van der Waals surface area (Å²) in [6.45, 7) is -0.393. The maximum Gasteiger partial charge on any atom is 0.387 e. The highest BCUT2D eigenvalue weighted by molar-refractivity contribution is 5.90. The Morgan fingerprint density at radius 2 is 1.40 bits per heavy atom. The van der Waals surface area contributed by atoms with Gasteiger partial charge in [0.05, 0.1) is 11.1 Å². The third-order valence-electron chi connectivity index (χ3n) is 10.3. The summed E-state index contributed by atoms with van der Waals surface area (Å²) in [5.74, 6) is -1.54. The van der Waals surface area contributed by atoms with E-state index in [2.05, 4.69) is 90.7 Å². The summed E-state index contributed by atoms with van der Waals surface area (Å²) in [6.07, 6.45) is 3.00. The molecule has 1 aliphatic carbocycles. The molecule has 0 amide bonds. The lowest BCUT2D eigenvalue weighted by molar-refractivity contribution is -0.0487. The molecule has 0 bridgehead atoms. The van der Waals surface area contributed by atoms with Gasteiger partial charge in [0.15, 0.2) is 5.75 Å². The molecule has 1 fully saturated rings. The van der Waals surface area contributed by atoms with Crippen molar-refractivity contribution >= 4 is 11.5 Å². The Labute approximate surface area is 287 Å². The number of benzene rings is 4. The number of pyridine rings is 2. The van der Waals surface area contributed by atoms with E-state index in [1.165, 1.54) is 12.3 Å². The number of carboxylic acids is 1. The number of ether oxygens (including phenoxy) is 1. The number of hydrogen-bond donors (Lipinski definition) is 1. The molecule has 250 valence electrons. The third kappa shape index (κ3) is 5.10. The number of halogens is 2. The Kier molecular flexibility index (Phi) is 7.84. The maximum absolute atomic E-state index is 14.1. The Morgan fingerprint density at radius 1 is 0.820 bits per heavy atom. The lowest BCUT2D eigenvalue weighted by Gasteiger charge is -2.46. The van der Waals surface area contributed by atoms with Crippen molar-refractivity contribution in [2.75, 3.05) is 0 Å². The first-order valence-electron chi connectivity index (χ1n) is 16.8. The first kappa shape index (κ1) is 31.7. The zero-order valence-electron chi connectivity index (χ0n) is 27.3. The smallest absolute Gasteiger partial charge is 0.387 e. The summed E-state index contributed by atoms with van der Waals surface area (Å²) < 4.78 is 34.6. The first-order valence-corrected chi connectivity index (χ1v) is 16.8. The summed E-state index contributed by atoms with van der Waals surface area (Å²) in [4.78, 5) is 27.7. The molecule has 0 spiro atoms. The van der Waals surface area contributed by atoms with Gasteiger partial charge in [-0.25, -0.2) is 4.79 Å². The molecule has 8 rings (SSSR count). The van der Waals surface area contributed by atoms with Crippen LogP contribution in [0.5, 0.6) is 5.75 Å². The summed E-state index contributed by atoms with van der Waals surface area (Å²) in [6, 6.07) is 40.3. The molecule has 6 nitrogen and oxygen atoms in total. The Hall–Kier alpha value is -5.60. The molecule has 2 aliphatic rings. The second-order valence-electron chi connectivity index (χ2n) is 13.1. The van der Waals surface area contributed by atoms with Gasteiger partial charge < -0.3 is 9.84 Å². The molecule has 50 heavy (non-hydrogen) atoms. The zero-order chi connectivity index (χ0) is 34.6. The van der Waals surface area contributed by atoms with Crippen molar-refractivity contribution in [1.82, 2.24) is 9.30 Å². The first-order chi connectivity index (χ1) is 24.3. The Morgan fingerprint density at radius 3 is 1.92 bits per heavy atom. The molecule has 0 radical (unpaired) electrons. The van der Waals surface area contributed by atoms with E-state index in [0.29, 0.717) is 23.2 Å². The van der Waals surface area contributed by atoms with Crippen LogP contribution in [0.4, 0.5) is 8.78 Å². The molecule has 4 aromatic carbocycles. The molecule has 2 aromatic heterocycles. The van der Waals surface area contributed by atoms with Gasteiger partial charge in [0.2, 0.25) is 0 Å². The van der Waals surface area contributed by atoms with Crippen molar-refractivity contribution < 1.29 is 23.4 Å². The van der Waals surface area contributed by atoms with E-state index in [1.807, 2.05) is 30.3 Å².